The van der Waals surface area contributed by atoms with E-state index in [1.54, 1.807) is 0 Å². The largest absolute Gasteiger partial charge is 0.484 e. The molecule has 112 valence electrons. The Kier molecular flexibility index (Phi) is 4.05. The van der Waals surface area contributed by atoms with Gasteiger partial charge in [0.1, 0.15) is 11.3 Å². The Bertz CT molecular complexity index is 795. The van der Waals surface area contributed by atoms with Crippen LogP contribution in [0.3, 0.4) is 0 Å². The van der Waals surface area contributed by atoms with Crippen molar-refractivity contribution in [3.63, 3.8) is 0 Å². The molecule has 0 saturated heterocycles. The van der Waals surface area contributed by atoms with Gasteiger partial charge in [0.25, 0.3) is 5.91 Å². The van der Waals surface area contributed by atoms with Gasteiger partial charge in [-0.1, -0.05) is 24.3 Å². The van der Waals surface area contributed by atoms with Crippen LogP contribution in [0.4, 0.5) is 0 Å². The molecule has 0 aliphatic carbocycles. The first-order valence-electron chi connectivity index (χ1n) is 6.99. The van der Waals surface area contributed by atoms with E-state index in [-0.39, 0.29) is 12.5 Å². The Morgan fingerprint density at radius 1 is 1.27 bits per heavy atom. The van der Waals surface area contributed by atoms with E-state index in [4.69, 9.17) is 9.15 Å². The summed E-state index contributed by atoms with van der Waals surface area (Å²) in [5.74, 6) is 0.557. The van der Waals surface area contributed by atoms with E-state index in [1.807, 2.05) is 49.4 Å². The molecule has 0 unspecified atom stereocenters. The fraction of sp³-hybridized carbons (Fsp3) is 0.176. The minimum absolute atomic E-state index is 0.00456. The van der Waals surface area contributed by atoms with Gasteiger partial charge in [0.2, 0.25) is 0 Å². The van der Waals surface area contributed by atoms with E-state index in [2.05, 4.69) is 10.3 Å². The third-order valence-electron chi connectivity index (χ3n) is 3.34. The quantitative estimate of drug-likeness (QED) is 0.786. The molecule has 0 aliphatic rings. The molecule has 1 heterocycles. The van der Waals surface area contributed by atoms with Gasteiger partial charge in [-0.3, -0.25) is 4.79 Å². The zero-order valence-electron chi connectivity index (χ0n) is 12.2. The number of nitrogens with one attached hydrogen (secondary N) is 1. The summed E-state index contributed by atoms with van der Waals surface area (Å²) in [5, 5.41) is 2.82. The average molecular weight is 296 g/mol. The zero-order chi connectivity index (χ0) is 15.4. The topological polar surface area (TPSA) is 64.4 Å². The van der Waals surface area contributed by atoms with Crippen molar-refractivity contribution in [1.82, 2.24) is 10.3 Å². The number of aryl methyl sites for hydroxylation is 1. The molecule has 3 aromatic rings. The second-order valence-corrected chi connectivity index (χ2v) is 4.99. The Morgan fingerprint density at radius 2 is 2.14 bits per heavy atom. The van der Waals surface area contributed by atoms with E-state index in [0.29, 0.717) is 12.1 Å². The van der Waals surface area contributed by atoms with Crippen molar-refractivity contribution in [3.05, 3.63) is 60.0 Å². The monoisotopic (exact) mass is 296 g/mol. The van der Waals surface area contributed by atoms with Gasteiger partial charge >= 0.3 is 0 Å². The molecule has 1 N–H and O–H groups in total. The number of amides is 1. The molecule has 2 aromatic carbocycles. The SMILES string of the molecule is Cc1ccccc1OCC(=O)NCc1ccc2ncoc2c1. The van der Waals surface area contributed by atoms with Crippen LogP contribution in [0.1, 0.15) is 11.1 Å². The molecule has 0 radical (unpaired) electrons. The molecule has 1 amide bonds. The summed E-state index contributed by atoms with van der Waals surface area (Å²) in [6, 6.07) is 13.2. The molecule has 0 aliphatic heterocycles. The number of ether oxygens (including phenoxy) is 1. The molecule has 3 rings (SSSR count). The van der Waals surface area contributed by atoms with Gasteiger partial charge < -0.3 is 14.5 Å². The first-order valence-corrected chi connectivity index (χ1v) is 6.99. The number of aromatic nitrogens is 1. The van der Waals surface area contributed by atoms with Crippen LogP contribution < -0.4 is 10.1 Å². The van der Waals surface area contributed by atoms with Crippen LogP contribution in [0.5, 0.6) is 5.75 Å². The zero-order valence-corrected chi connectivity index (χ0v) is 12.2. The van der Waals surface area contributed by atoms with Gasteiger partial charge in [0, 0.05) is 6.54 Å². The van der Waals surface area contributed by atoms with E-state index < -0.39 is 0 Å². The Labute approximate surface area is 127 Å². The number of para-hydroxylation sites is 1. The number of carbonyl (C=O) groups is 1. The third kappa shape index (κ3) is 3.25. The van der Waals surface area contributed by atoms with Crippen molar-refractivity contribution in [3.8, 4) is 5.75 Å². The van der Waals surface area contributed by atoms with Crippen molar-refractivity contribution >= 4 is 17.0 Å². The molecule has 5 heteroatoms. The van der Waals surface area contributed by atoms with Gasteiger partial charge in [-0.05, 0) is 36.2 Å². The van der Waals surface area contributed by atoms with E-state index >= 15 is 0 Å². The van der Waals surface area contributed by atoms with Crippen LogP contribution in [0, 0.1) is 6.92 Å². The number of fused-ring (bicyclic) bond motifs is 1. The van der Waals surface area contributed by atoms with Crippen LogP contribution >= 0.6 is 0 Å². The molecule has 0 bridgehead atoms. The smallest absolute Gasteiger partial charge is 0.258 e. The number of nitrogens with zero attached hydrogens (tertiary/aromatic N) is 1. The van der Waals surface area contributed by atoms with Crippen LogP contribution in [0.25, 0.3) is 11.1 Å². The number of oxazole rings is 1. The van der Waals surface area contributed by atoms with Crippen molar-refractivity contribution in [2.45, 2.75) is 13.5 Å². The van der Waals surface area contributed by atoms with Crippen LogP contribution in [-0.4, -0.2) is 17.5 Å². The molecule has 0 atom stereocenters. The summed E-state index contributed by atoms with van der Waals surface area (Å²) in [4.78, 5) is 15.9. The van der Waals surface area contributed by atoms with Gasteiger partial charge in [-0.15, -0.1) is 0 Å². The van der Waals surface area contributed by atoms with Crippen molar-refractivity contribution in [2.24, 2.45) is 0 Å². The average Bonchev–Trinajstić information content (AvgIpc) is 2.99. The highest BCUT2D eigenvalue weighted by molar-refractivity contribution is 5.78. The molecule has 1 aromatic heterocycles. The highest BCUT2D eigenvalue weighted by Crippen LogP contribution is 2.16. The lowest BCUT2D eigenvalue weighted by molar-refractivity contribution is -0.123. The molecular weight excluding hydrogens is 280 g/mol. The second kappa shape index (κ2) is 6.30. The van der Waals surface area contributed by atoms with E-state index in [9.17, 15) is 4.79 Å². The maximum absolute atomic E-state index is 11.8. The number of rotatable bonds is 5. The maximum Gasteiger partial charge on any atom is 0.258 e. The van der Waals surface area contributed by atoms with Crippen LogP contribution in [-0.2, 0) is 11.3 Å². The van der Waals surface area contributed by atoms with Gasteiger partial charge in [-0.2, -0.15) is 0 Å². The van der Waals surface area contributed by atoms with Gasteiger partial charge in [0.15, 0.2) is 18.6 Å². The Hall–Kier alpha value is -2.82. The number of benzene rings is 2. The summed E-state index contributed by atoms with van der Waals surface area (Å²) < 4.78 is 10.7. The number of hydrogen-bond donors (Lipinski definition) is 1. The summed E-state index contributed by atoms with van der Waals surface area (Å²) in [7, 11) is 0. The lowest BCUT2D eigenvalue weighted by Crippen LogP contribution is -2.28. The first kappa shape index (κ1) is 14.1. The summed E-state index contributed by atoms with van der Waals surface area (Å²) in [6.45, 7) is 2.36. The van der Waals surface area contributed by atoms with Gasteiger partial charge in [-0.25, -0.2) is 4.98 Å². The second-order valence-electron chi connectivity index (χ2n) is 4.99. The maximum atomic E-state index is 11.8. The minimum Gasteiger partial charge on any atom is -0.484 e. The summed E-state index contributed by atoms with van der Waals surface area (Å²) >= 11 is 0. The highest BCUT2D eigenvalue weighted by Gasteiger charge is 2.05. The minimum atomic E-state index is -0.166. The summed E-state index contributed by atoms with van der Waals surface area (Å²) in [6.07, 6.45) is 1.41. The molecule has 22 heavy (non-hydrogen) atoms. The van der Waals surface area contributed by atoms with E-state index in [0.717, 1.165) is 22.4 Å². The normalized spacial score (nSPS) is 10.6. The molecule has 0 saturated carbocycles. The lowest BCUT2D eigenvalue weighted by atomic mass is 10.2. The predicted molar refractivity (Wildman–Crippen MR) is 82.5 cm³/mol. The Morgan fingerprint density at radius 3 is 3.00 bits per heavy atom. The standard InChI is InChI=1S/C17H16N2O3/c1-12-4-2-3-5-15(12)21-10-17(20)18-9-13-6-7-14-16(8-13)22-11-19-14/h2-8,11H,9-10H2,1H3,(H,18,20). The molecule has 5 nitrogen and oxygen atoms in total. The summed E-state index contributed by atoms with van der Waals surface area (Å²) in [5.41, 5.74) is 3.47. The van der Waals surface area contributed by atoms with E-state index in [1.165, 1.54) is 6.39 Å². The van der Waals surface area contributed by atoms with Crippen LogP contribution in [0.2, 0.25) is 0 Å². The fourth-order valence-corrected chi connectivity index (χ4v) is 2.12. The van der Waals surface area contributed by atoms with Crippen molar-refractivity contribution in [1.29, 1.82) is 0 Å². The fourth-order valence-electron chi connectivity index (χ4n) is 2.12. The van der Waals surface area contributed by atoms with Crippen LogP contribution in [0.15, 0.2) is 53.3 Å². The molecular formula is C17H16N2O3. The predicted octanol–water partition coefficient (Wildman–Crippen LogP) is 2.83. The molecule has 0 spiro atoms. The highest BCUT2D eigenvalue weighted by atomic mass is 16.5. The number of hydrogen-bond acceptors (Lipinski definition) is 4. The Balaban J connectivity index is 1.52. The van der Waals surface area contributed by atoms with Crippen molar-refractivity contribution < 1.29 is 13.9 Å². The number of carbonyl (C=O) groups excluding carboxylic acids is 1. The first-order chi connectivity index (χ1) is 10.7. The lowest BCUT2D eigenvalue weighted by Gasteiger charge is -2.09. The van der Waals surface area contributed by atoms with Crippen molar-refractivity contribution in [2.75, 3.05) is 6.61 Å². The van der Waals surface area contributed by atoms with Gasteiger partial charge in [0.05, 0.1) is 0 Å². The molecule has 0 fully saturated rings. The third-order valence-corrected chi connectivity index (χ3v) is 3.34.